The van der Waals surface area contributed by atoms with Gasteiger partial charge in [0.15, 0.2) is 0 Å². The molecule has 2 unspecified atom stereocenters. The highest BCUT2D eigenvalue weighted by Crippen LogP contribution is 2.37. The molecule has 0 aromatic heterocycles. The van der Waals surface area contributed by atoms with E-state index in [0.29, 0.717) is 12.8 Å². The van der Waals surface area contributed by atoms with Gasteiger partial charge in [-0.25, -0.2) is 12.8 Å². The molecule has 2 aliphatic heterocycles. The van der Waals surface area contributed by atoms with Crippen molar-refractivity contribution in [2.24, 2.45) is 5.92 Å². The summed E-state index contributed by atoms with van der Waals surface area (Å²) in [5.74, 6) is -1.10. The van der Waals surface area contributed by atoms with E-state index < -0.39 is 21.8 Å². The van der Waals surface area contributed by atoms with E-state index in [-0.39, 0.29) is 35.7 Å². The van der Waals surface area contributed by atoms with Gasteiger partial charge in [0.25, 0.3) is 0 Å². The summed E-state index contributed by atoms with van der Waals surface area (Å²) in [5.41, 5.74) is 1.98. The molecular formula is C22H24BrFN2O4S. The zero-order valence-corrected chi connectivity index (χ0v) is 19.7. The monoisotopic (exact) mass is 510 g/mol. The smallest absolute Gasteiger partial charge is 0.246 e. The van der Waals surface area contributed by atoms with Crippen molar-refractivity contribution in [2.45, 2.75) is 37.1 Å². The molecule has 1 saturated heterocycles. The van der Waals surface area contributed by atoms with Crippen LogP contribution in [0.3, 0.4) is 0 Å². The van der Waals surface area contributed by atoms with Gasteiger partial charge >= 0.3 is 0 Å². The van der Waals surface area contributed by atoms with Gasteiger partial charge in [-0.2, -0.15) is 4.31 Å². The zero-order valence-electron chi connectivity index (χ0n) is 17.3. The number of fused-ring (bicyclic) bond motifs is 1. The van der Waals surface area contributed by atoms with E-state index in [1.165, 1.54) is 17.5 Å². The fraction of sp³-hybridized carbons (Fsp3) is 0.409. The maximum absolute atomic E-state index is 13.8. The molecule has 2 atom stereocenters. The van der Waals surface area contributed by atoms with Gasteiger partial charge in [0.1, 0.15) is 16.5 Å². The van der Waals surface area contributed by atoms with Crippen molar-refractivity contribution in [1.29, 1.82) is 0 Å². The lowest BCUT2D eigenvalue weighted by Gasteiger charge is -2.34. The lowest BCUT2D eigenvalue weighted by atomic mass is 9.97. The van der Waals surface area contributed by atoms with Crippen molar-refractivity contribution in [2.75, 3.05) is 25.1 Å². The van der Waals surface area contributed by atoms with Crippen molar-refractivity contribution >= 4 is 37.5 Å². The number of amides is 1. The number of carbonyl (C=O) groups is 1. The molecule has 0 N–H and O–H groups in total. The van der Waals surface area contributed by atoms with E-state index in [1.807, 2.05) is 25.1 Å². The maximum Gasteiger partial charge on any atom is 0.246 e. The predicted octanol–water partition coefficient (Wildman–Crippen LogP) is 3.98. The first-order valence-electron chi connectivity index (χ1n) is 10.2. The van der Waals surface area contributed by atoms with Crippen LogP contribution in [0.5, 0.6) is 5.75 Å². The molecule has 9 heteroatoms. The summed E-state index contributed by atoms with van der Waals surface area (Å²) in [6, 6.07) is 9.29. The van der Waals surface area contributed by atoms with Gasteiger partial charge in [-0.1, -0.05) is 15.9 Å². The molecule has 0 radical (unpaired) electrons. The highest BCUT2D eigenvalue weighted by Gasteiger charge is 2.39. The van der Waals surface area contributed by atoms with E-state index in [4.69, 9.17) is 4.74 Å². The van der Waals surface area contributed by atoms with E-state index in [9.17, 15) is 17.6 Å². The third-order valence-corrected chi connectivity index (χ3v) is 8.35. The molecule has 2 heterocycles. The standard InChI is InChI=1S/C22H24BrFN2O4S/c1-14-10-16-11-17(23)5-7-19(16)26(14)22(27)15-4-3-9-25(13-15)31(28,29)21-12-18(24)6-8-20(21)30-2/h5-8,11-12,14-15H,3-4,9-10,13H2,1-2H3. The van der Waals surface area contributed by atoms with Crippen molar-refractivity contribution in [3.05, 3.63) is 52.3 Å². The van der Waals surface area contributed by atoms with Crippen molar-refractivity contribution in [3.8, 4) is 5.75 Å². The van der Waals surface area contributed by atoms with Gasteiger partial charge in [-0.05, 0) is 68.1 Å². The van der Waals surface area contributed by atoms with Crippen LogP contribution in [-0.2, 0) is 21.2 Å². The number of methoxy groups -OCH3 is 1. The number of piperidine rings is 1. The second-order valence-corrected chi connectivity index (χ2v) is 10.9. The Labute approximate surface area is 190 Å². The minimum Gasteiger partial charge on any atom is -0.495 e. The molecule has 1 amide bonds. The highest BCUT2D eigenvalue weighted by atomic mass is 79.9. The fourth-order valence-corrected chi connectivity index (χ4v) is 6.59. The normalized spacial score (nSPS) is 21.7. The van der Waals surface area contributed by atoms with Gasteiger partial charge in [-0.3, -0.25) is 4.79 Å². The molecule has 4 rings (SSSR count). The van der Waals surface area contributed by atoms with E-state index in [0.717, 1.165) is 34.3 Å². The second-order valence-electron chi connectivity index (χ2n) is 8.03. The Hall–Kier alpha value is -1.97. The summed E-state index contributed by atoms with van der Waals surface area (Å²) < 4.78 is 47.7. The van der Waals surface area contributed by atoms with Crippen LogP contribution >= 0.6 is 15.9 Å². The molecule has 2 aromatic rings. The summed E-state index contributed by atoms with van der Waals surface area (Å²) in [6.07, 6.45) is 1.93. The number of anilines is 1. The first kappa shape index (κ1) is 22.2. The van der Waals surface area contributed by atoms with Crippen molar-refractivity contribution in [1.82, 2.24) is 4.31 Å². The Morgan fingerprint density at radius 2 is 2.00 bits per heavy atom. The highest BCUT2D eigenvalue weighted by molar-refractivity contribution is 9.10. The van der Waals surface area contributed by atoms with Crippen LogP contribution in [0.1, 0.15) is 25.3 Å². The van der Waals surface area contributed by atoms with Crippen molar-refractivity contribution in [3.63, 3.8) is 0 Å². The number of nitrogens with zero attached hydrogens (tertiary/aromatic N) is 2. The zero-order chi connectivity index (χ0) is 22.3. The first-order chi connectivity index (χ1) is 14.7. The lowest BCUT2D eigenvalue weighted by Crippen LogP contribution is -2.48. The predicted molar refractivity (Wildman–Crippen MR) is 119 cm³/mol. The number of sulfonamides is 1. The molecular weight excluding hydrogens is 487 g/mol. The largest absolute Gasteiger partial charge is 0.495 e. The number of rotatable bonds is 4. The van der Waals surface area contributed by atoms with E-state index in [2.05, 4.69) is 15.9 Å². The molecule has 0 aliphatic carbocycles. The van der Waals surface area contributed by atoms with Crippen molar-refractivity contribution < 1.29 is 22.3 Å². The summed E-state index contributed by atoms with van der Waals surface area (Å²) >= 11 is 3.47. The van der Waals surface area contributed by atoms with Gasteiger partial charge in [0.05, 0.1) is 13.0 Å². The number of halogens is 2. The van der Waals surface area contributed by atoms with Gasteiger partial charge < -0.3 is 9.64 Å². The first-order valence-corrected chi connectivity index (χ1v) is 12.4. The quantitative estimate of drug-likeness (QED) is 0.623. The summed E-state index contributed by atoms with van der Waals surface area (Å²) in [6.45, 7) is 2.35. The minimum atomic E-state index is -4.01. The molecule has 31 heavy (non-hydrogen) atoms. The molecule has 6 nitrogen and oxygen atoms in total. The Bertz CT molecular complexity index is 1120. The van der Waals surface area contributed by atoms with E-state index >= 15 is 0 Å². The number of carbonyl (C=O) groups excluding carboxylic acids is 1. The van der Waals surface area contributed by atoms with Crippen LogP contribution in [0, 0.1) is 11.7 Å². The molecule has 166 valence electrons. The average molecular weight is 511 g/mol. The Kier molecular flexibility index (Phi) is 6.11. The summed E-state index contributed by atoms with van der Waals surface area (Å²) in [7, 11) is -2.66. The minimum absolute atomic E-state index is 0.00657. The number of ether oxygens (including phenoxy) is 1. The Morgan fingerprint density at radius 1 is 1.23 bits per heavy atom. The maximum atomic E-state index is 13.8. The number of hydrogen-bond donors (Lipinski definition) is 0. The SMILES string of the molecule is COc1ccc(F)cc1S(=O)(=O)N1CCCC(C(=O)N2c3ccc(Br)cc3CC2C)C1. The van der Waals surface area contributed by atoms with Crippen LogP contribution in [0.25, 0.3) is 0 Å². The third-order valence-electron chi connectivity index (χ3n) is 5.97. The summed E-state index contributed by atoms with van der Waals surface area (Å²) in [5, 5.41) is 0. The molecule has 2 aromatic carbocycles. The molecule has 0 spiro atoms. The second kappa shape index (κ2) is 8.52. The molecule has 0 saturated carbocycles. The molecule has 2 aliphatic rings. The van der Waals surface area contributed by atoms with Crippen LogP contribution in [0.4, 0.5) is 10.1 Å². The van der Waals surface area contributed by atoms with Gasteiger partial charge in [-0.15, -0.1) is 0 Å². The number of benzene rings is 2. The molecule has 0 bridgehead atoms. The topological polar surface area (TPSA) is 66.9 Å². The molecule has 1 fully saturated rings. The van der Waals surface area contributed by atoms with Crippen LogP contribution in [0.2, 0.25) is 0 Å². The van der Waals surface area contributed by atoms with E-state index in [1.54, 1.807) is 4.90 Å². The Morgan fingerprint density at radius 3 is 2.74 bits per heavy atom. The number of hydrogen-bond acceptors (Lipinski definition) is 4. The van der Waals surface area contributed by atoms with Crippen LogP contribution in [-0.4, -0.2) is 44.9 Å². The average Bonchev–Trinajstić information content (AvgIpc) is 3.07. The third kappa shape index (κ3) is 4.10. The van der Waals surface area contributed by atoms with Crippen LogP contribution < -0.4 is 9.64 Å². The van der Waals surface area contributed by atoms with Crippen LogP contribution in [0.15, 0.2) is 45.8 Å². The summed E-state index contributed by atoms with van der Waals surface area (Å²) in [4.78, 5) is 15.0. The Balaban J connectivity index is 1.60. The van der Waals surface area contributed by atoms with Gasteiger partial charge in [0, 0.05) is 29.3 Å². The van der Waals surface area contributed by atoms with Gasteiger partial charge in [0.2, 0.25) is 15.9 Å². The lowest BCUT2D eigenvalue weighted by molar-refractivity contribution is -0.123. The fourth-order valence-electron chi connectivity index (χ4n) is 4.49.